The van der Waals surface area contributed by atoms with Crippen LogP contribution in [0.1, 0.15) is 17.3 Å². The predicted octanol–water partition coefficient (Wildman–Crippen LogP) is -0.839. The number of nitrogens with two attached hydrogens (primary N) is 2. The largest absolute Gasteiger partial charge is 0.460 e. The normalized spacial score (nSPS) is 13.2. The van der Waals surface area contributed by atoms with Gasteiger partial charge in [0.15, 0.2) is 0 Å². The van der Waals surface area contributed by atoms with Crippen molar-refractivity contribution < 1.29 is 19.1 Å². The van der Waals surface area contributed by atoms with Gasteiger partial charge < -0.3 is 16.2 Å². The number of hydrogen-bond donors (Lipinski definition) is 3. The Labute approximate surface area is 116 Å². The molecule has 0 bridgehead atoms. The van der Waals surface area contributed by atoms with Gasteiger partial charge in [-0.2, -0.15) is 0 Å². The van der Waals surface area contributed by atoms with Crippen LogP contribution < -0.4 is 16.8 Å². The number of carbonyl (C=O) groups is 3. The molecular weight excluding hydrogens is 262 g/mol. The first-order valence-electron chi connectivity index (χ1n) is 6.01. The van der Waals surface area contributed by atoms with Crippen molar-refractivity contribution in [1.29, 1.82) is 0 Å². The molecule has 0 heterocycles. The second-order valence-electron chi connectivity index (χ2n) is 4.11. The molecule has 0 fully saturated rings. The lowest BCUT2D eigenvalue weighted by atomic mass is 10.1. The molecule has 7 heteroatoms. The highest BCUT2D eigenvalue weighted by atomic mass is 16.5. The van der Waals surface area contributed by atoms with Crippen molar-refractivity contribution in [2.75, 3.05) is 6.54 Å². The van der Waals surface area contributed by atoms with Gasteiger partial charge in [0.05, 0.1) is 6.54 Å². The fourth-order valence-corrected chi connectivity index (χ4v) is 1.40. The van der Waals surface area contributed by atoms with E-state index in [0.29, 0.717) is 5.56 Å². The van der Waals surface area contributed by atoms with E-state index in [2.05, 4.69) is 5.32 Å². The molecule has 20 heavy (non-hydrogen) atoms. The average Bonchev–Trinajstić information content (AvgIpc) is 2.46. The third-order valence-electron chi connectivity index (χ3n) is 2.57. The smallest absolute Gasteiger partial charge is 0.320 e. The molecule has 0 saturated heterocycles. The molecule has 1 aromatic rings. The quantitative estimate of drug-likeness (QED) is 0.604. The van der Waals surface area contributed by atoms with Crippen LogP contribution in [0, 0.1) is 0 Å². The van der Waals surface area contributed by atoms with Gasteiger partial charge in [0.25, 0.3) is 5.91 Å². The average molecular weight is 279 g/mol. The highest BCUT2D eigenvalue weighted by molar-refractivity contribution is 6.06. The molecule has 2 unspecified atom stereocenters. The number of ether oxygens (including phenoxy) is 1. The van der Waals surface area contributed by atoms with Crippen molar-refractivity contribution in [3.8, 4) is 0 Å². The van der Waals surface area contributed by atoms with Crippen LogP contribution in [0.4, 0.5) is 0 Å². The van der Waals surface area contributed by atoms with E-state index < -0.39 is 29.9 Å². The van der Waals surface area contributed by atoms with Gasteiger partial charge in [-0.15, -0.1) is 0 Å². The highest BCUT2D eigenvalue weighted by Crippen LogP contribution is 2.00. The lowest BCUT2D eigenvalue weighted by Gasteiger charge is -2.19. The topological polar surface area (TPSA) is 125 Å². The number of hydrogen-bond acceptors (Lipinski definition) is 6. The summed E-state index contributed by atoms with van der Waals surface area (Å²) >= 11 is 0. The second kappa shape index (κ2) is 7.37. The van der Waals surface area contributed by atoms with E-state index in [1.807, 2.05) is 0 Å². The van der Waals surface area contributed by atoms with Crippen molar-refractivity contribution in [1.82, 2.24) is 5.32 Å². The van der Waals surface area contributed by atoms with Crippen LogP contribution in [0.5, 0.6) is 0 Å². The molecule has 2 atom stereocenters. The first kappa shape index (κ1) is 15.8. The van der Waals surface area contributed by atoms with Crippen LogP contribution in [0.3, 0.4) is 0 Å². The number of rotatable bonds is 5. The molecule has 108 valence electrons. The molecular formula is C13H17N3O4. The van der Waals surface area contributed by atoms with E-state index in [4.69, 9.17) is 16.2 Å². The SMILES string of the molecule is CC(OC(=O)CN)C(N)C(=O)NC(=O)c1ccccc1. The van der Waals surface area contributed by atoms with Crippen LogP contribution in [0.2, 0.25) is 0 Å². The minimum absolute atomic E-state index is 0.304. The molecule has 7 nitrogen and oxygen atoms in total. The first-order chi connectivity index (χ1) is 9.45. The first-order valence-corrected chi connectivity index (χ1v) is 6.01. The van der Waals surface area contributed by atoms with Gasteiger partial charge in [0.2, 0.25) is 5.91 Å². The Hall–Kier alpha value is -2.25. The summed E-state index contributed by atoms with van der Waals surface area (Å²) in [5.74, 6) is -1.96. The fourth-order valence-electron chi connectivity index (χ4n) is 1.40. The Bertz CT molecular complexity index is 490. The summed E-state index contributed by atoms with van der Waals surface area (Å²) in [5.41, 5.74) is 11.0. The molecule has 0 aromatic heterocycles. The summed E-state index contributed by atoms with van der Waals surface area (Å²) < 4.78 is 4.81. The van der Waals surface area contributed by atoms with Crippen molar-refractivity contribution in [2.45, 2.75) is 19.1 Å². The Kier molecular flexibility index (Phi) is 5.82. The number of benzene rings is 1. The molecule has 5 N–H and O–H groups in total. The fraction of sp³-hybridized carbons (Fsp3) is 0.308. The molecule has 1 aromatic carbocycles. The summed E-state index contributed by atoms with van der Waals surface area (Å²) in [6.07, 6.45) is -0.880. The van der Waals surface area contributed by atoms with Crippen molar-refractivity contribution in [2.24, 2.45) is 11.5 Å². The minimum Gasteiger partial charge on any atom is -0.460 e. The summed E-state index contributed by atoms with van der Waals surface area (Å²) in [7, 11) is 0. The Balaban J connectivity index is 2.57. The monoisotopic (exact) mass is 279 g/mol. The lowest BCUT2D eigenvalue weighted by molar-refractivity contribution is -0.148. The molecule has 0 aliphatic rings. The molecule has 0 saturated carbocycles. The molecule has 0 spiro atoms. The maximum Gasteiger partial charge on any atom is 0.320 e. The predicted molar refractivity (Wildman–Crippen MR) is 71.5 cm³/mol. The summed E-state index contributed by atoms with van der Waals surface area (Å²) in [5, 5.41) is 2.14. The molecule has 0 aliphatic heterocycles. The van der Waals surface area contributed by atoms with Gasteiger partial charge in [0, 0.05) is 5.56 Å². The van der Waals surface area contributed by atoms with Crippen molar-refractivity contribution in [3.05, 3.63) is 35.9 Å². The molecule has 0 radical (unpaired) electrons. The van der Waals surface area contributed by atoms with Gasteiger partial charge in [-0.25, -0.2) is 0 Å². The standard InChI is InChI=1S/C13H17N3O4/c1-8(20-10(17)7-14)11(15)13(19)16-12(18)9-5-3-2-4-6-9/h2-6,8,11H,7,14-15H2,1H3,(H,16,18,19). The number of carbonyl (C=O) groups excluding carboxylic acids is 3. The van der Waals surface area contributed by atoms with E-state index in [1.165, 1.54) is 6.92 Å². The van der Waals surface area contributed by atoms with Gasteiger partial charge in [0.1, 0.15) is 12.1 Å². The molecule has 0 aliphatic carbocycles. The summed E-state index contributed by atoms with van der Waals surface area (Å²) in [6.45, 7) is 1.15. The minimum atomic E-state index is -1.15. The van der Waals surface area contributed by atoms with Crippen LogP contribution in [-0.4, -0.2) is 36.5 Å². The van der Waals surface area contributed by atoms with Gasteiger partial charge in [-0.3, -0.25) is 19.7 Å². The third-order valence-corrected chi connectivity index (χ3v) is 2.57. The van der Waals surface area contributed by atoms with E-state index in [1.54, 1.807) is 30.3 Å². The number of nitrogens with one attached hydrogen (secondary N) is 1. The zero-order valence-electron chi connectivity index (χ0n) is 11.0. The van der Waals surface area contributed by atoms with Crippen molar-refractivity contribution >= 4 is 17.8 Å². The van der Waals surface area contributed by atoms with E-state index in [-0.39, 0.29) is 6.54 Å². The van der Waals surface area contributed by atoms with Gasteiger partial charge in [-0.1, -0.05) is 18.2 Å². The molecule has 1 rings (SSSR count). The maximum absolute atomic E-state index is 11.8. The van der Waals surface area contributed by atoms with Gasteiger partial charge in [-0.05, 0) is 19.1 Å². The van der Waals surface area contributed by atoms with Gasteiger partial charge >= 0.3 is 5.97 Å². The van der Waals surface area contributed by atoms with E-state index in [0.717, 1.165) is 0 Å². The second-order valence-corrected chi connectivity index (χ2v) is 4.11. The van der Waals surface area contributed by atoms with Crippen molar-refractivity contribution in [3.63, 3.8) is 0 Å². The molecule has 2 amide bonds. The van der Waals surface area contributed by atoms with E-state index >= 15 is 0 Å². The highest BCUT2D eigenvalue weighted by Gasteiger charge is 2.25. The number of amides is 2. The van der Waals surface area contributed by atoms with Crippen LogP contribution in [0.25, 0.3) is 0 Å². The third kappa shape index (κ3) is 4.45. The van der Waals surface area contributed by atoms with Crippen LogP contribution in [-0.2, 0) is 14.3 Å². The Morgan fingerprint density at radius 2 is 1.85 bits per heavy atom. The summed E-state index contributed by atoms with van der Waals surface area (Å²) in [4.78, 5) is 34.5. The van der Waals surface area contributed by atoms with E-state index in [9.17, 15) is 14.4 Å². The number of esters is 1. The van der Waals surface area contributed by atoms with Crippen LogP contribution >= 0.6 is 0 Å². The Morgan fingerprint density at radius 3 is 2.40 bits per heavy atom. The maximum atomic E-state index is 11.8. The zero-order valence-corrected chi connectivity index (χ0v) is 11.0. The van der Waals surface area contributed by atoms with Crippen LogP contribution in [0.15, 0.2) is 30.3 Å². The zero-order chi connectivity index (χ0) is 15.1. The Morgan fingerprint density at radius 1 is 1.25 bits per heavy atom. The number of imide groups is 1. The lowest BCUT2D eigenvalue weighted by Crippen LogP contribution is -2.50. The summed E-state index contributed by atoms with van der Waals surface area (Å²) in [6, 6.07) is 7.06.